The van der Waals surface area contributed by atoms with Gasteiger partial charge < -0.3 is 20.5 Å². The molecule has 0 saturated carbocycles. The van der Waals surface area contributed by atoms with Gasteiger partial charge in [0.05, 0.1) is 25.2 Å². The van der Waals surface area contributed by atoms with Crippen molar-refractivity contribution in [3.8, 4) is 0 Å². The van der Waals surface area contributed by atoms with E-state index in [0.717, 1.165) is 5.56 Å². The van der Waals surface area contributed by atoms with Crippen LogP contribution >= 0.6 is 0 Å². The molecule has 0 fully saturated rings. The van der Waals surface area contributed by atoms with Crippen molar-refractivity contribution >= 4 is 11.9 Å². The van der Waals surface area contributed by atoms with Gasteiger partial charge in [0, 0.05) is 20.2 Å². The van der Waals surface area contributed by atoms with E-state index in [1.54, 1.807) is 24.3 Å². The minimum absolute atomic E-state index is 0.126. The van der Waals surface area contributed by atoms with Crippen molar-refractivity contribution in [1.82, 2.24) is 5.32 Å². The highest BCUT2D eigenvalue weighted by molar-refractivity contribution is 5.89. The third-order valence-electron chi connectivity index (χ3n) is 2.87. The van der Waals surface area contributed by atoms with Gasteiger partial charge >= 0.3 is 5.97 Å². The van der Waals surface area contributed by atoms with Crippen LogP contribution in [0.25, 0.3) is 0 Å². The Morgan fingerprint density at radius 1 is 1.25 bits per heavy atom. The van der Waals surface area contributed by atoms with Crippen molar-refractivity contribution in [2.75, 3.05) is 20.8 Å². The van der Waals surface area contributed by atoms with Crippen LogP contribution in [0, 0.1) is 0 Å². The number of hydrogen-bond donors (Lipinski definition) is 2. The van der Waals surface area contributed by atoms with Crippen molar-refractivity contribution in [3.05, 3.63) is 35.4 Å². The number of esters is 1. The molecule has 0 aliphatic rings. The lowest BCUT2D eigenvalue weighted by molar-refractivity contribution is -0.123. The molecule has 6 heteroatoms. The molecule has 0 bridgehead atoms. The normalized spacial score (nSPS) is 11.8. The van der Waals surface area contributed by atoms with Crippen LogP contribution in [-0.4, -0.2) is 38.7 Å². The van der Waals surface area contributed by atoms with Gasteiger partial charge in [-0.2, -0.15) is 0 Å². The number of rotatable bonds is 7. The summed E-state index contributed by atoms with van der Waals surface area (Å²) in [7, 11) is 2.86. The smallest absolute Gasteiger partial charge is 0.337 e. The highest BCUT2D eigenvalue weighted by atomic mass is 16.5. The third-order valence-corrected chi connectivity index (χ3v) is 2.87. The van der Waals surface area contributed by atoms with E-state index in [2.05, 4.69) is 10.1 Å². The van der Waals surface area contributed by atoms with E-state index in [-0.39, 0.29) is 24.4 Å². The Bertz CT molecular complexity index is 441. The summed E-state index contributed by atoms with van der Waals surface area (Å²) in [4.78, 5) is 22.9. The van der Waals surface area contributed by atoms with Gasteiger partial charge in [0.15, 0.2) is 0 Å². The maximum atomic E-state index is 11.6. The van der Waals surface area contributed by atoms with Crippen LogP contribution in [0.5, 0.6) is 0 Å². The Hall–Kier alpha value is -1.92. The summed E-state index contributed by atoms with van der Waals surface area (Å²) < 4.78 is 9.65. The topological polar surface area (TPSA) is 90.7 Å². The van der Waals surface area contributed by atoms with Gasteiger partial charge in [-0.05, 0) is 17.7 Å². The summed E-state index contributed by atoms with van der Waals surface area (Å²) in [6, 6.07) is 6.85. The van der Waals surface area contributed by atoms with Crippen LogP contribution < -0.4 is 11.1 Å². The number of methoxy groups -OCH3 is 2. The lowest BCUT2D eigenvalue weighted by Crippen LogP contribution is -2.31. The quantitative estimate of drug-likeness (QED) is 0.708. The lowest BCUT2D eigenvalue weighted by Gasteiger charge is -2.12. The Morgan fingerprint density at radius 3 is 2.40 bits per heavy atom. The summed E-state index contributed by atoms with van der Waals surface area (Å²) in [5.74, 6) is -0.509. The molecule has 0 heterocycles. The first-order valence-electron chi connectivity index (χ1n) is 6.27. The van der Waals surface area contributed by atoms with Crippen molar-refractivity contribution < 1.29 is 19.1 Å². The molecule has 1 unspecified atom stereocenters. The predicted octanol–water partition coefficient (Wildman–Crippen LogP) is 0.453. The molecule has 110 valence electrons. The van der Waals surface area contributed by atoms with E-state index < -0.39 is 0 Å². The number of carbonyl (C=O) groups is 2. The molecule has 6 nitrogen and oxygen atoms in total. The molecule has 1 atom stereocenters. The maximum Gasteiger partial charge on any atom is 0.337 e. The molecule has 1 aromatic carbocycles. The van der Waals surface area contributed by atoms with Crippen molar-refractivity contribution in [2.45, 2.75) is 19.1 Å². The molecule has 0 aromatic heterocycles. The molecular formula is C14H20N2O4. The summed E-state index contributed by atoms with van der Waals surface area (Å²) in [6.45, 7) is 0.693. The Morgan fingerprint density at radius 2 is 1.90 bits per heavy atom. The van der Waals surface area contributed by atoms with Gasteiger partial charge in [-0.25, -0.2) is 4.79 Å². The average Bonchev–Trinajstić information content (AvgIpc) is 2.50. The van der Waals surface area contributed by atoms with Crippen molar-refractivity contribution in [1.29, 1.82) is 0 Å². The van der Waals surface area contributed by atoms with Crippen LogP contribution in [0.1, 0.15) is 22.3 Å². The molecule has 1 aromatic rings. The van der Waals surface area contributed by atoms with Crippen molar-refractivity contribution in [3.63, 3.8) is 0 Å². The second kappa shape index (κ2) is 8.29. The summed E-state index contributed by atoms with van der Waals surface area (Å²) >= 11 is 0. The van der Waals surface area contributed by atoms with Crippen LogP contribution in [0.2, 0.25) is 0 Å². The third kappa shape index (κ3) is 4.99. The molecule has 1 rings (SSSR count). The van der Waals surface area contributed by atoms with Gasteiger partial charge in [-0.15, -0.1) is 0 Å². The Balaban J connectivity index is 2.45. The fourth-order valence-electron chi connectivity index (χ4n) is 1.62. The number of amides is 1. The first kappa shape index (κ1) is 16.1. The standard InChI is InChI=1S/C14H20N2O4/c1-19-12(8-15)7-13(17)16-9-10-3-5-11(6-4-10)14(18)20-2/h3-6,12H,7-9,15H2,1-2H3,(H,16,17). The first-order chi connectivity index (χ1) is 9.60. The van der Waals surface area contributed by atoms with Crippen LogP contribution in [0.15, 0.2) is 24.3 Å². The van der Waals surface area contributed by atoms with E-state index in [1.807, 2.05) is 0 Å². The second-order valence-corrected chi connectivity index (χ2v) is 4.26. The van der Waals surface area contributed by atoms with Gasteiger partial charge in [-0.3, -0.25) is 4.79 Å². The monoisotopic (exact) mass is 280 g/mol. The number of ether oxygens (including phenoxy) is 2. The minimum Gasteiger partial charge on any atom is -0.465 e. The molecule has 0 aliphatic heterocycles. The summed E-state index contributed by atoms with van der Waals surface area (Å²) in [6.07, 6.45) is -0.0375. The molecule has 20 heavy (non-hydrogen) atoms. The Labute approximate surface area is 118 Å². The highest BCUT2D eigenvalue weighted by Gasteiger charge is 2.11. The lowest BCUT2D eigenvalue weighted by atomic mass is 10.1. The van der Waals surface area contributed by atoms with Crippen LogP contribution in [0.3, 0.4) is 0 Å². The van der Waals surface area contributed by atoms with Gasteiger partial charge in [0.1, 0.15) is 0 Å². The molecule has 0 spiro atoms. The van der Waals surface area contributed by atoms with Crippen molar-refractivity contribution in [2.24, 2.45) is 5.73 Å². The number of nitrogens with one attached hydrogen (secondary N) is 1. The molecule has 3 N–H and O–H groups in total. The molecule has 0 saturated heterocycles. The second-order valence-electron chi connectivity index (χ2n) is 4.26. The van der Waals surface area contributed by atoms with Gasteiger partial charge in [0.25, 0.3) is 0 Å². The van der Waals surface area contributed by atoms with E-state index in [1.165, 1.54) is 14.2 Å². The van der Waals surface area contributed by atoms with Gasteiger partial charge in [0.2, 0.25) is 5.91 Å². The summed E-state index contributed by atoms with van der Waals surface area (Å²) in [5, 5.41) is 2.77. The number of hydrogen-bond acceptors (Lipinski definition) is 5. The minimum atomic E-state index is -0.383. The van der Waals surface area contributed by atoms with Crippen LogP contribution in [0.4, 0.5) is 0 Å². The highest BCUT2D eigenvalue weighted by Crippen LogP contribution is 2.06. The first-order valence-corrected chi connectivity index (χ1v) is 6.27. The Kier molecular flexibility index (Phi) is 6.69. The van der Waals surface area contributed by atoms with E-state index in [4.69, 9.17) is 10.5 Å². The SMILES string of the molecule is COC(=O)c1ccc(CNC(=O)CC(CN)OC)cc1. The average molecular weight is 280 g/mol. The maximum absolute atomic E-state index is 11.6. The van der Waals surface area contributed by atoms with Gasteiger partial charge in [-0.1, -0.05) is 12.1 Å². The number of benzene rings is 1. The van der Waals surface area contributed by atoms with E-state index in [9.17, 15) is 9.59 Å². The predicted molar refractivity (Wildman–Crippen MR) is 74.1 cm³/mol. The zero-order chi connectivity index (χ0) is 15.0. The molecule has 0 aliphatic carbocycles. The zero-order valence-electron chi connectivity index (χ0n) is 11.7. The van der Waals surface area contributed by atoms with E-state index in [0.29, 0.717) is 18.7 Å². The molecule has 1 amide bonds. The fourth-order valence-corrected chi connectivity index (χ4v) is 1.62. The molecule has 0 radical (unpaired) electrons. The largest absolute Gasteiger partial charge is 0.465 e. The summed E-state index contributed by atoms with van der Waals surface area (Å²) in [5.41, 5.74) is 6.82. The fraction of sp³-hybridized carbons (Fsp3) is 0.429. The number of carbonyl (C=O) groups excluding carboxylic acids is 2. The zero-order valence-corrected chi connectivity index (χ0v) is 11.7. The van der Waals surface area contributed by atoms with Crippen LogP contribution in [-0.2, 0) is 20.8 Å². The molecular weight excluding hydrogens is 260 g/mol. The number of nitrogens with two attached hydrogens (primary N) is 1. The van der Waals surface area contributed by atoms with E-state index >= 15 is 0 Å².